The fourth-order valence-electron chi connectivity index (χ4n) is 3.31. The van der Waals surface area contributed by atoms with E-state index in [4.69, 9.17) is 16.6 Å². The SMILES string of the molecule is CC(=C/c1ccccc1)/C=N/NC(=O)CSc1nc2ccccc2n1Cc1ccc(Cl)cc1. The predicted octanol–water partition coefficient (Wildman–Crippen LogP) is 6.04. The Kier molecular flexibility index (Phi) is 7.60. The Morgan fingerprint density at radius 1 is 1.06 bits per heavy atom. The molecular weight excluding hydrogens is 452 g/mol. The van der Waals surface area contributed by atoms with Crippen LogP contribution in [0.2, 0.25) is 5.02 Å². The van der Waals surface area contributed by atoms with Crippen LogP contribution in [0.3, 0.4) is 0 Å². The van der Waals surface area contributed by atoms with E-state index in [0.717, 1.165) is 32.9 Å². The Hall–Kier alpha value is -3.35. The van der Waals surface area contributed by atoms with Crippen molar-refractivity contribution in [2.24, 2.45) is 5.10 Å². The number of nitrogens with one attached hydrogen (secondary N) is 1. The van der Waals surface area contributed by atoms with Gasteiger partial charge in [-0.15, -0.1) is 0 Å². The van der Waals surface area contributed by atoms with Crippen molar-refractivity contribution in [2.45, 2.75) is 18.6 Å². The van der Waals surface area contributed by atoms with Crippen LogP contribution in [0.15, 0.2) is 94.7 Å². The molecule has 7 heteroatoms. The van der Waals surface area contributed by atoms with Gasteiger partial charge in [-0.3, -0.25) is 4.79 Å². The zero-order valence-electron chi connectivity index (χ0n) is 18.1. The van der Waals surface area contributed by atoms with Crippen molar-refractivity contribution in [3.05, 3.63) is 101 Å². The zero-order chi connectivity index (χ0) is 23.0. The Labute approximate surface area is 202 Å². The second-order valence-corrected chi connectivity index (χ2v) is 8.86. The maximum Gasteiger partial charge on any atom is 0.250 e. The van der Waals surface area contributed by atoms with E-state index in [0.29, 0.717) is 11.6 Å². The fraction of sp³-hybridized carbons (Fsp3) is 0.115. The number of nitrogens with zero attached hydrogens (tertiary/aromatic N) is 3. The van der Waals surface area contributed by atoms with Crippen molar-refractivity contribution in [1.82, 2.24) is 15.0 Å². The van der Waals surface area contributed by atoms with Gasteiger partial charge in [-0.1, -0.05) is 84.0 Å². The molecule has 0 aliphatic heterocycles. The number of benzene rings is 3. The minimum Gasteiger partial charge on any atom is -0.314 e. The third-order valence-corrected chi connectivity index (χ3v) is 6.09. The predicted molar refractivity (Wildman–Crippen MR) is 138 cm³/mol. The van der Waals surface area contributed by atoms with Gasteiger partial charge in [0.2, 0.25) is 0 Å². The molecule has 4 rings (SSSR count). The smallest absolute Gasteiger partial charge is 0.250 e. The van der Waals surface area contributed by atoms with Crippen LogP contribution in [0.1, 0.15) is 18.1 Å². The van der Waals surface area contributed by atoms with Crippen LogP contribution in [-0.4, -0.2) is 27.4 Å². The summed E-state index contributed by atoms with van der Waals surface area (Å²) in [6.45, 7) is 2.58. The molecule has 0 aliphatic carbocycles. The summed E-state index contributed by atoms with van der Waals surface area (Å²) in [4.78, 5) is 17.1. The van der Waals surface area contributed by atoms with Gasteiger partial charge in [0.25, 0.3) is 5.91 Å². The Morgan fingerprint density at radius 3 is 2.58 bits per heavy atom. The number of hydrogen-bond acceptors (Lipinski definition) is 4. The van der Waals surface area contributed by atoms with Gasteiger partial charge in [0.1, 0.15) is 0 Å². The molecule has 5 nitrogen and oxygen atoms in total. The number of fused-ring (bicyclic) bond motifs is 1. The lowest BCUT2D eigenvalue weighted by Crippen LogP contribution is -2.20. The summed E-state index contributed by atoms with van der Waals surface area (Å²) < 4.78 is 2.12. The molecule has 1 amide bonds. The van der Waals surface area contributed by atoms with E-state index in [9.17, 15) is 4.79 Å². The van der Waals surface area contributed by atoms with Crippen molar-refractivity contribution in [1.29, 1.82) is 0 Å². The van der Waals surface area contributed by atoms with E-state index < -0.39 is 0 Å². The first-order chi connectivity index (χ1) is 16.1. The highest BCUT2D eigenvalue weighted by atomic mass is 35.5. The first-order valence-corrected chi connectivity index (χ1v) is 11.8. The topological polar surface area (TPSA) is 59.3 Å². The zero-order valence-corrected chi connectivity index (χ0v) is 19.7. The second-order valence-electron chi connectivity index (χ2n) is 7.48. The van der Waals surface area contributed by atoms with E-state index in [1.807, 2.05) is 91.9 Å². The number of hydrogen-bond donors (Lipinski definition) is 1. The Morgan fingerprint density at radius 2 is 1.79 bits per heavy atom. The summed E-state index contributed by atoms with van der Waals surface area (Å²) in [6, 6.07) is 25.7. The second kappa shape index (κ2) is 11.0. The quantitative estimate of drug-likeness (QED) is 0.192. The van der Waals surface area contributed by atoms with Gasteiger partial charge < -0.3 is 4.57 Å². The lowest BCUT2D eigenvalue weighted by atomic mass is 10.1. The molecule has 166 valence electrons. The van der Waals surface area contributed by atoms with E-state index in [2.05, 4.69) is 15.1 Å². The number of carbonyl (C=O) groups excluding carboxylic acids is 1. The van der Waals surface area contributed by atoms with Crippen molar-refractivity contribution in [3.8, 4) is 0 Å². The average molecular weight is 475 g/mol. The molecular formula is C26H23ClN4OS. The summed E-state index contributed by atoms with van der Waals surface area (Å²) in [6.07, 6.45) is 3.65. The molecule has 0 spiro atoms. The number of halogens is 1. The number of amides is 1. The Bertz CT molecular complexity index is 1300. The minimum atomic E-state index is -0.186. The number of thioether (sulfide) groups is 1. The molecule has 1 aromatic heterocycles. The molecule has 33 heavy (non-hydrogen) atoms. The van der Waals surface area contributed by atoms with E-state index >= 15 is 0 Å². The van der Waals surface area contributed by atoms with Crippen LogP contribution in [0, 0.1) is 0 Å². The molecule has 1 heterocycles. The lowest BCUT2D eigenvalue weighted by Gasteiger charge is -2.09. The van der Waals surface area contributed by atoms with Crippen LogP contribution in [0.25, 0.3) is 17.1 Å². The van der Waals surface area contributed by atoms with E-state index in [1.54, 1.807) is 6.21 Å². The molecule has 3 aromatic carbocycles. The third-order valence-electron chi connectivity index (χ3n) is 4.86. The summed E-state index contributed by atoms with van der Waals surface area (Å²) in [5.74, 6) is 0.0248. The third kappa shape index (κ3) is 6.34. The Balaban J connectivity index is 1.40. The molecule has 0 saturated heterocycles. The van der Waals surface area contributed by atoms with E-state index in [1.165, 1.54) is 11.8 Å². The molecule has 0 radical (unpaired) electrons. The molecule has 0 fully saturated rings. The maximum atomic E-state index is 12.4. The van der Waals surface area contributed by atoms with Crippen molar-refractivity contribution < 1.29 is 4.79 Å². The highest BCUT2D eigenvalue weighted by Gasteiger charge is 2.13. The monoisotopic (exact) mass is 474 g/mol. The number of carbonyl (C=O) groups is 1. The summed E-state index contributed by atoms with van der Waals surface area (Å²) in [5.41, 5.74) is 7.66. The number of para-hydroxylation sites is 2. The first kappa shape index (κ1) is 22.8. The summed E-state index contributed by atoms with van der Waals surface area (Å²) in [7, 11) is 0. The van der Waals surface area contributed by atoms with Crippen molar-refractivity contribution in [3.63, 3.8) is 0 Å². The molecule has 1 N–H and O–H groups in total. The van der Waals surface area contributed by atoms with E-state index in [-0.39, 0.29) is 11.7 Å². The van der Waals surface area contributed by atoms with Gasteiger partial charge in [0, 0.05) is 5.02 Å². The van der Waals surface area contributed by atoms with Gasteiger partial charge >= 0.3 is 0 Å². The van der Waals surface area contributed by atoms with Gasteiger partial charge in [0.05, 0.1) is 29.5 Å². The van der Waals surface area contributed by atoms with Crippen LogP contribution >= 0.6 is 23.4 Å². The largest absolute Gasteiger partial charge is 0.314 e. The van der Waals surface area contributed by atoms with Gasteiger partial charge in [-0.05, 0) is 47.9 Å². The standard InChI is InChI=1S/C26H23ClN4OS/c1-19(15-20-7-3-2-4-8-20)16-28-30-25(32)18-33-26-29-23-9-5-6-10-24(23)31(26)17-21-11-13-22(27)14-12-21/h2-16H,17-18H2,1H3,(H,30,32)/b19-15-,28-16+. The lowest BCUT2D eigenvalue weighted by molar-refractivity contribution is -0.118. The highest BCUT2D eigenvalue weighted by molar-refractivity contribution is 7.99. The highest BCUT2D eigenvalue weighted by Crippen LogP contribution is 2.25. The summed E-state index contributed by atoms with van der Waals surface area (Å²) in [5, 5.41) is 5.56. The van der Waals surface area contributed by atoms with Crippen LogP contribution < -0.4 is 5.43 Å². The maximum absolute atomic E-state index is 12.4. The molecule has 0 atom stereocenters. The van der Waals surface area contributed by atoms with Gasteiger partial charge in [-0.2, -0.15) is 5.10 Å². The molecule has 0 unspecified atom stereocenters. The average Bonchev–Trinajstić information content (AvgIpc) is 3.17. The van der Waals surface area contributed by atoms with Crippen LogP contribution in [0.5, 0.6) is 0 Å². The molecule has 0 aliphatic rings. The van der Waals surface area contributed by atoms with Crippen LogP contribution in [0.4, 0.5) is 0 Å². The van der Waals surface area contributed by atoms with Crippen molar-refractivity contribution in [2.75, 3.05) is 5.75 Å². The molecule has 0 bridgehead atoms. The van der Waals surface area contributed by atoms with Gasteiger partial charge in [-0.25, -0.2) is 10.4 Å². The number of rotatable bonds is 8. The van der Waals surface area contributed by atoms with Gasteiger partial charge in [0.15, 0.2) is 5.16 Å². The number of aromatic nitrogens is 2. The van der Waals surface area contributed by atoms with Crippen LogP contribution in [-0.2, 0) is 11.3 Å². The number of hydrazone groups is 1. The summed E-state index contributed by atoms with van der Waals surface area (Å²) >= 11 is 7.41. The fourth-order valence-corrected chi connectivity index (χ4v) is 4.24. The van der Waals surface area contributed by atoms with Crippen molar-refractivity contribution >= 4 is 52.6 Å². The number of allylic oxidation sites excluding steroid dienone is 1. The normalized spacial score (nSPS) is 11.9. The molecule has 0 saturated carbocycles. The first-order valence-electron chi connectivity index (χ1n) is 10.5. The molecule has 4 aromatic rings. The minimum absolute atomic E-state index is 0.186. The number of imidazole rings is 1.